The van der Waals surface area contributed by atoms with E-state index in [0.717, 1.165) is 15.8 Å². The van der Waals surface area contributed by atoms with Crippen LogP contribution in [0, 0.1) is 11.8 Å². The van der Waals surface area contributed by atoms with Crippen molar-refractivity contribution in [3.63, 3.8) is 0 Å². The minimum absolute atomic E-state index is 0.0378. The van der Waals surface area contributed by atoms with Gasteiger partial charge in [0, 0.05) is 27.7 Å². The van der Waals surface area contributed by atoms with Crippen LogP contribution in [0.3, 0.4) is 0 Å². The van der Waals surface area contributed by atoms with Crippen molar-refractivity contribution in [1.82, 2.24) is 10.6 Å². The van der Waals surface area contributed by atoms with Crippen LogP contribution in [0.4, 0.5) is 4.79 Å². The SMILES string of the molecule is CC(C)C[C@H](CNC(=O)NCc1cc(Br)cs1)CC(=O)O. The maximum Gasteiger partial charge on any atom is 0.315 e. The molecule has 1 aromatic rings. The molecule has 3 N–H and O–H groups in total. The summed E-state index contributed by atoms with van der Waals surface area (Å²) in [5.41, 5.74) is 0. The topological polar surface area (TPSA) is 78.4 Å². The number of carbonyl (C=O) groups excluding carboxylic acids is 1. The van der Waals surface area contributed by atoms with E-state index in [1.54, 1.807) is 11.3 Å². The summed E-state index contributed by atoms with van der Waals surface area (Å²) < 4.78 is 1.00. The third-order valence-electron chi connectivity index (χ3n) is 2.86. The minimum Gasteiger partial charge on any atom is -0.481 e. The first-order valence-electron chi connectivity index (χ1n) is 6.83. The summed E-state index contributed by atoms with van der Waals surface area (Å²) in [6, 6.07) is 1.69. The highest BCUT2D eigenvalue weighted by molar-refractivity contribution is 9.10. The van der Waals surface area contributed by atoms with Crippen molar-refractivity contribution in [3.05, 3.63) is 20.8 Å². The number of rotatable bonds is 8. The van der Waals surface area contributed by atoms with Crippen molar-refractivity contribution >= 4 is 39.3 Å². The predicted octanol–water partition coefficient (Wildman–Crippen LogP) is 3.45. The highest BCUT2D eigenvalue weighted by Crippen LogP contribution is 2.19. The number of carbonyl (C=O) groups is 2. The van der Waals surface area contributed by atoms with Gasteiger partial charge in [-0.3, -0.25) is 4.79 Å². The van der Waals surface area contributed by atoms with Crippen LogP contribution in [-0.4, -0.2) is 23.7 Å². The van der Waals surface area contributed by atoms with E-state index < -0.39 is 5.97 Å². The lowest BCUT2D eigenvalue weighted by atomic mass is 9.94. The Labute approximate surface area is 137 Å². The Hall–Kier alpha value is -1.08. The molecule has 1 rings (SSSR count). The third-order valence-corrected chi connectivity index (χ3v) is 4.56. The zero-order chi connectivity index (χ0) is 15.8. The van der Waals surface area contributed by atoms with E-state index in [1.807, 2.05) is 25.3 Å². The molecule has 0 aliphatic rings. The smallest absolute Gasteiger partial charge is 0.315 e. The van der Waals surface area contributed by atoms with E-state index in [-0.39, 0.29) is 18.4 Å². The van der Waals surface area contributed by atoms with Gasteiger partial charge < -0.3 is 15.7 Å². The summed E-state index contributed by atoms with van der Waals surface area (Å²) in [6.45, 7) is 4.94. The molecule has 0 radical (unpaired) electrons. The van der Waals surface area contributed by atoms with Crippen LogP contribution in [0.5, 0.6) is 0 Å². The van der Waals surface area contributed by atoms with Gasteiger partial charge in [-0.2, -0.15) is 0 Å². The van der Waals surface area contributed by atoms with Crippen LogP contribution in [0.25, 0.3) is 0 Å². The van der Waals surface area contributed by atoms with Gasteiger partial charge in [0.05, 0.1) is 6.54 Å². The molecule has 0 unspecified atom stereocenters. The molecule has 0 aromatic carbocycles. The third kappa shape index (κ3) is 8.06. The minimum atomic E-state index is -0.828. The summed E-state index contributed by atoms with van der Waals surface area (Å²) in [6.07, 6.45) is 0.862. The van der Waals surface area contributed by atoms with Crippen molar-refractivity contribution in [2.75, 3.05) is 6.54 Å². The maximum atomic E-state index is 11.7. The summed E-state index contributed by atoms with van der Waals surface area (Å²) in [5, 5.41) is 16.4. The maximum absolute atomic E-state index is 11.7. The molecular weight excluding hydrogens is 356 g/mol. The first-order valence-corrected chi connectivity index (χ1v) is 8.50. The molecule has 0 aliphatic carbocycles. The van der Waals surface area contributed by atoms with E-state index in [4.69, 9.17) is 5.11 Å². The van der Waals surface area contributed by atoms with Gasteiger partial charge in [-0.15, -0.1) is 11.3 Å². The number of aliphatic carboxylic acids is 1. The Morgan fingerprint density at radius 1 is 1.38 bits per heavy atom. The molecule has 21 heavy (non-hydrogen) atoms. The fraction of sp³-hybridized carbons (Fsp3) is 0.571. The van der Waals surface area contributed by atoms with Gasteiger partial charge in [-0.05, 0) is 40.3 Å². The standard InChI is InChI=1S/C14H21BrN2O3S/c1-9(2)3-10(4-13(18)19)6-16-14(20)17-7-12-5-11(15)8-21-12/h5,8-10H,3-4,6-7H2,1-2H3,(H,18,19)(H2,16,17,20)/t10-/m0/s1. The van der Waals surface area contributed by atoms with E-state index in [0.29, 0.717) is 19.0 Å². The molecule has 1 aromatic heterocycles. The number of carboxylic acids is 1. The zero-order valence-corrected chi connectivity index (χ0v) is 14.6. The summed E-state index contributed by atoms with van der Waals surface area (Å²) >= 11 is 4.93. The molecule has 2 amide bonds. The van der Waals surface area contributed by atoms with E-state index in [1.165, 1.54) is 0 Å². The van der Waals surface area contributed by atoms with Crippen LogP contribution < -0.4 is 10.6 Å². The number of hydrogen-bond acceptors (Lipinski definition) is 3. The highest BCUT2D eigenvalue weighted by atomic mass is 79.9. The normalized spacial score (nSPS) is 12.2. The monoisotopic (exact) mass is 376 g/mol. The van der Waals surface area contributed by atoms with Crippen LogP contribution in [0.2, 0.25) is 0 Å². The molecule has 5 nitrogen and oxygen atoms in total. The van der Waals surface area contributed by atoms with E-state index in [9.17, 15) is 9.59 Å². The number of amides is 2. The Bertz CT molecular complexity index is 477. The van der Waals surface area contributed by atoms with Crippen molar-refractivity contribution in [3.8, 4) is 0 Å². The number of urea groups is 1. The van der Waals surface area contributed by atoms with Crippen LogP contribution >= 0.6 is 27.3 Å². The van der Waals surface area contributed by atoms with Gasteiger partial charge in [0.15, 0.2) is 0 Å². The van der Waals surface area contributed by atoms with Gasteiger partial charge >= 0.3 is 12.0 Å². The van der Waals surface area contributed by atoms with Gasteiger partial charge in [0.2, 0.25) is 0 Å². The Morgan fingerprint density at radius 3 is 2.62 bits per heavy atom. The lowest BCUT2D eigenvalue weighted by Gasteiger charge is -2.17. The summed E-state index contributed by atoms with van der Waals surface area (Å²) in [4.78, 5) is 23.6. The first-order chi connectivity index (χ1) is 9.86. The molecule has 0 fully saturated rings. The molecule has 1 atom stereocenters. The Kier molecular flexibility index (Phi) is 7.74. The largest absolute Gasteiger partial charge is 0.481 e. The van der Waals surface area contributed by atoms with Crippen molar-refractivity contribution < 1.29 is 14.7 Å². The lowest BCUT2D eigenvalue weighted by molar-refractivity contribution is -0.138. The van der Waals surface area contributed by atoms with Crippen molar-refractivity contribution in [2.45, 2.75) is 33.2 Å². The predicted molar refractivity (Wildman–Crippen MR) is 87.5 cm³/mol. The average molecular weight is 377 g/mol. The fourth-order valence-corrected chi connectivity index (χ4v) is 3.46. The van der Waals surface area contributed by atoms with Crippen molar-refractivity contribution in [2.24, 2.45) is 11.8 Å². The number of nitrogens with one attached hydrogen (secondary N) is 2. The molecule has 0 saturated carbocycles. The average Bonchev–Trinajstić information content (AvgIpc) is 2.78. The van der Waals surface area contributed by atoms with E-state index in [2.05, 4.69) is 26.6 Å². The lowest BCUT2D eigenvalue weighted by Crippen LogP contribution is -2.38. The molecule has 7 heteroatoms. The molecule has 0 saturated heterocycles. The number of carboxylic acid groups (broad SMARTS) is 1. The second kappa shape index (κ2) is 9.04. The molecule has 1 heterocycles. The molecule has 0 aliphatic heterocycles. The molecule has 0 spiro atoms. The van der Waals surface area contributed by atoms with Gasteiger partial charge in [0.1, 0.15) is 0 Å². The second-order valence-electron chi connectivity index (χ2n) is 5.39. The molecular formula is C14H21BrN2O3S. The Balaban J connectivity index is 2.33. The van der Waals surface area contributed by atoms with Crippen LogP contribution in [0.15, 0.2) is 15.9 Å². The quantitative estimate of drug-likeness (QED) is 0.649. The summed E-state index contributed by atoms with van der Waals surface area (Å²) in [7, 11) is 0. The number of halogens is 1. The molecule has 118 valence electrons. The number of hydrogen-bond donors (Lipinski definition) is 3. The van der Waals surface area contributed by atoms with Gasteiger partial charge in [-0.1, -0.05) is 13.8 Å². The van der Waals surface area contributed by atoms with Gasteiger partial charge in [-0.25, -0.2) is 4.79 Å². The van der Waals surface area contributed by atoms with Gasteiger partial charge in [0.25, 0.3) is 0 Å². The zero-order valence-electron chi connectivity index (χ0n) is 12.2. The Morgan fingerprint density at radius 2 is 2.10 bits per heavy atom. The van der Waals surface area contributed by atoms with E-state index >= 15 is 0 Å². The molecule has 0 bridgehead atoms. The fourth-order valence-electron chi connectivity index (χ4n) is 2.07. The first kappa shape index (κ1) is 18.0. The van der Waals surface area contributed by atoms with Crippen LogP contribution in [-0.2, 0) is 11.3 Å². The number of thiophene rings is 1. The second-order valence-corrected chi connectivity index (χ2v) is 7.30. The highest BCUT2D eigenvalue weighted by Gasteiger charge is 2.16. The van der Waals surface area contributed by atoms with Crippen LogP contribution in [0.1, 0.15) is 31.6 Å². The van der Waals surface area contributed by atoms with Crippen molar-refractivity contribution in [1.29, 1.82) is 0 Å². The summed E-state index contributed by atoms with van der Waals surface area (Å²) in [5.74, 6) is -0.460.